The summed E-state index contributed by atoms with van der Waals surface area (Å²) in [5.74, 6) is 1.60. The number of methoxy groups -OCH3 is 2. The van der Waals surface area contributed by atoms with Gasteiger partial charge in [-0.15, -0.1) is 0 Å². The molecule has 0 aliphatic rings. The average Bonchev–Trinajstić information content (AvgIpc) is 3.77. The molecule has 0 saturated carbocycles. The monoisotopic (exact) mass is 840 g/mol. The number of ether oxygens (including phenoxy) is 2. The maximum Gasteiger partial charge on any atom is 0.159 e. The second-order valence-electron chi connectivity index (χ2n) is 16.0. The van der Waals surface area contributed by atoms with Crippen LogP contribution in [0.5, 0.6) is 11.5 Å². The van der Waals surface area contributed by atoms with E-state index in [9.17, 15) is 0 Å². The first-order valence-electron chi connectivity index (χ1n) is 21.8. The normalized spacial score (nSPS) is 11.2. The van der Waals surface area contributed by atoms with Gasteiger partial charge in [0.1, 0.15) is 17.1 Å². The van der Waals surface area contributed by atoms with Crippen LogP contribution in [-0.2, 0) is 0 Å². The first-order chi connectivity index (χ1) is 32.2. The van der Waals surface area contributed by atoms with Gasteiger partial charge in [-0.25, -0.2) is 0 Å². The lowest BCUT2D eigenvalue weighted by molar-refractivity contribution is 0.416. The molecule has 0 bridgehead atoms. The summed E-state index contributed by atoms with van der Waals surface area (Å²) in [6, 6.07) is 80.6. The minimum absolute atomic E-state index is 0.795. The van der Waals surface area contributed by atoms with E-state index >= 15 is 0 Å². The second-order valence-corrected chi connectivity index (χ2v) is 16.0. The zero-order chi connectivity index (χ0) is 43.7. The highest BCUT2D eigenvalue weighted by Crippen LogP contribution is 2.46. The summed E-state index contributed by atoms with van der Waals surface area (Å²) < 4.78 is 18.8. The van der Waals surface area contributed by atoms with Gasteiger partial charge >= 0.3 is 0 Å². The molecule has 312 valence electrons. The molecule has 0 atom stereocenters. The van der Waals surface area contributed by atoms with Crippen molar-refractivity contribution < 1.29 is 13.9 Å². The van der Waals surface area contributed by atoms with Crippen LogP contribution in [0.1, 0.15) is 0 Å². The fourth-order valence-corrected chi connectivity index (χ4v) is 9.23. The molecular formula is C60H44N2O3. The fraction of sp³-hybridized carbons (Fsp3) is 0.0333. The molecule has 11 rings (SSSR count). The fourth-order valence-electron chi connectivity index (χ4n) is 9.23. The number of para-hydroxylation sites is 5. The molecule has 0 aliphatic heterocycles. The van der Waals surface area contributed by atoms with Gasteiger partial charge in [0.2, 0.25) is 0 Å². The Bertz CT molecular complexity index is 3420. The van der Waals surface area contributed by atoms with Crippen LogP contribution >= 0.6 is 0 Å². The zero-order valence-electron chi connectivity index (χ0n) is 36.1. The van der Waals surface area contributed by atoms with Crippen LogP contribution in [-0.4, -0.2) is 14.2 Å². The van der Waals surface area contributed by atoms with E-state index in [1.54, 1.807) is 14.2 Å². The summed E-state index contributed by atoms with van der Waals surface area (Å²) in [5, 5.41) is 4.45. The molecule has 0 fully saturated rings. The Kier molecular flexibility index (Phi) is 10.3. The average molecular weight is 841 g/mol. The number of fused-ring (bicyclic) bond motifs is 4. The molecule has 5 heteroatoms. The van der Waals surface area contributed by atoms with Crippen molar-refractivity contribution in [1.82, 2.24) is 0 Å². The van der Waals surface area contributed by atoms with E-state index in [0.717, 1.165) is 112 Å². The van der Waals surface area contributed by atoms with Crippen LogP contribution in [0.15, 0.2) is 235 Å². The van der Waals surface area contributed by atoms with Crippen molar-refractivity contribution in [2.45, 2.75) is 0 Å². The van der Waals surface area contributed by atoms with Crippen molar-refractivity contribution in [2.24, 2.45) is 0 Å². The first-order valence-corrected chi connectivity index (χ1v) is 21.8. The molecule has 0 aliphatic carbocycles. The highest BCUT2D eigenvalue weighted by atomic mass is 16.5. The van der Waals surface area contributed by atoms with Crippen molar-refractivity contribution in [3.63, 3.8) is 0 Å². The highest BCUT2D eigenvalue weighted by Gasteiger charge is 2.21. The molecule has 0 N–H and O–H groups in total. The molecule has 5 nitrogen and oxygen atoms in total. The third-order valence-corrected chi connectivity index (χ3v) is 12.3. The van der Waals surface area contributed by atoms with Crippen LogP contribution in [0.3, 0.4) is 0 Å². The topological polar surface area (TPSA) is 38.1 Å². The minimum atomic E-state index is 0.795. The van der Waals surface area contributed by atoms with Crippen LogP contribution in [0, 0.1) is 0 Å². The van der Waals surface area contributed by atoms with E-state index in [4.69, 9.17) is 13.9 Å². The van der Waals surface area contributed by atoms with E-state index < -0.39 is 0 Å². The Balaban J connectivity index is 0.938. The predicted octanol–water partition coefficient (Wildman–Crippen LogP) is 16.7. The van der Waals surface area contributed by atoms with Crippen molar-refractivity contribution in [2.75, 3.05) is 24.0 Å². The van der Waals surface area contributed by atoms with E-state index in [0.29, 0.717) is 0 Å². The van der Waals surface area contributed by atoms with Crippen molar-refractivity contribution in [3.8, 4) is 44.9 Å². The molecule has 1 aromatic heterocycles. The molecule has 10 aromatic carbocycles. The Hall–Kier alpha value is -8.54. The van der Waals surface area contributed by atoms with E-state index in [1.807, 2.05) is 30.3 Å². The Morgan fingerprint density at radius 2 is 0.785 bits per heavy atom. The van der Waals surface area contributed by atoms with Gasteiger partial charge in [0, 0.05) is 56.4 Å². The quantitative estimate of drug-likeness (QED) is 0.130. The van der Waals surface area contributed by atoms with Crippen LogP contribution < -0.4 is 19.3 Å². The molecule has 0 unspecified atom stereocenters. The summed E-state index contributed by atoms with van der Waals surface area (Å²) >= 11 is 0. The predicted molar refractivity (Wildman–Crippen MR) is 270 cm³/mol. The molecular weight excluding hydrogens is 797 g/mol. The van der Waals surface area contributed by atoms with E-state index in [-0.39, 0.29) is 0 Å². The smallest absolute Gasteiger partial charge is 0.159 e. The number of nitrogens with zero attached hydrogens (tertiary/aromatic N) is 2. The Morgan fingerprint density at radius 1 is 0.323 bits per heavy atom. The highest BCUT2D eigenvalue weighted by molar-refractivity contribution is 6.10. The van der Waals surface area contributed by atoms with E-state index in [1.165, 1.54) is 0 Å². The number of hydrogen-bond acceptors (Lipinski definition) is 5. The Labute approximate surface area is 378 Å². The SMILES string of the molecule is COc1cc(-c2ccc(N(c3ccccc3)c3cccc4c3oc3ccccc34)cc2)ccc1-c1cccc2c(-c3ccc(N(c4ccccc4)c4ccccc4)cc3OC)cccc12. The minimum Gasteiger partial charge on any atom is -0.496 e. The lowest BCUT2D eigenvalue weighted by Crippen LogP contribution is -2.10. The number of furan rings is 1. The van der Waals surface area contributed by atoms with Crippen molar-refractivity contribution in [1.29, 1.82) is 0 Å². The summed E-state index contributed by atoms with van der Waals surface area (Å²) in [4.78, 5) is 4.52. The van der Waals surface area contributed by atoms with Crippen molar-refractivity contribution >= 4 is 66.8 Å². The second kappa shape index (κ2) is 17.0. The van der Waals surface area contributed by atoms with Gasteiger partial charge in [-0.3, -0.25) is 0 Å². The standard InChI is InChI=1S/C60H44N2O3/c1-63-58-39-42(41-31-34-46(35-32-41)62(45-21-10-5-11-22-45)56-29-16-28-55-52-23-12-13-30-57(52)65-60(55)56)33-37-53(58)50-26-14-25-49-48(50)24-15-27-51(49)54-38-36-47(40-59(54)64-2)61(43-17-6-3-7-18-43)44-19-8-4-9-20-44/h3-40H,1-2H3. The van der Waals surface area contributed by atoms with Gasteiger partial charge in [-0.05, 0) is 112 Å². The third kappa shape index (κ3) is 7.19. The molecule has 0 saturated heterocycles. The zero-order valence-corrected chi connectivity index (χ0v) is 36.1. The number of benzene rings is 10. The van der Waals surface area contributed by atoms with Gasteiger partial charge in [0.05, 0.1) is 19.9 Å². The van der Waals surface area contributed by atoms with Crippen molar-refractivity contribution in [3.05, 3.63) is 231 Å². The molecule has 0 amide bonds. The molecule has 1 heterocycles. The lowest BCUT2D eigenvalue weighted by atomic mass is 9.91. The number of rotatable bonds is 11. The first kappa shape index (κ1) is 39.3. The van der Waals surface area contributed by atoms with Crippen LogP contribution in [0.25, 0.3) is 66.1 Å². The lowest BCUT2D eigenvalue weighted by Gasteiger charge is -2.26. The maximum absolute atomic E-state index is 6.52. The molecule has 65 heavy (non-hydrogen) atoms. The van der Waals surface area contributed by atoms with Gasteiger partial charge in [-0.2, -0.15) is 0 Å². The van der Waals surface area contributed by atoms with Crippen LogP contribution in [0.2, 0.25) is 0 Å². The maximum atomic E-state index is 6.52. The van der Waals surface area contributed by atoms with Gasteiger partial charge in [-0.1, -0.05) is 146 Å². The molecule has 0 spiro atoms. The van der Waals surface area contributed by atoms with E-state index in [2.05, 4.69) is 210 Å². The number of anilines is 6. The van der Waals surface area contributed by atoms with Gasteiger partial charge < -0.3 is 23.7 Å². The van der Waals surface area contributed by atoms with Crippen LogP contribution in [0.4, 0.5) is 34.1 Å². The molecule has 11 aromatic rings. The summed E-state index contributed by atoms with van der Waals surface area (Å²) in [6.45, 7) is 0. The van der Waals surface area contributed by atoms with Gasteiger partial charge in [0.25, 0.3) is 0 Å². The number of hydrogen-bond donors (Lipinski definition) is 0. The van der Waals surface area contributed by atoms with Gasteiger partial charge in [0.15, 0.2) is 5.58 Å². The molecule has 0 radical (unpaired) electrons. The summed E-state index contributed by atoms with van der Waals surface area (Å²) in [5.41, 5.74) is 14.3. The largest absolute Gasteiger partial charge is 0.496 e. The summed E-state index contributed by atoms with van der Waals surface area (Å²) in [6.07, 6.45) is 0. The third-order valence-electron chi connectivity index (χ3n) is 12.3. The Morgan fingerprint density at radius 3 is 1.40 bits per heavy atom. The summed E-state index contributed by atoms with van der Waals surface area (Å²) in [7, 11) is 3.50.